The number of rotatable bonds is 2. The molecule has 17 heavy (non-hydrogen) atoms. The first-order chi connectivity index (χ1) is 8.18. The van der Waals surface area contributed by atoms with Crippen molar-refractivity contribution in [1.82, 2.24) is 0 Å². The van der Waals surface area contributed by atoms with Crippen molar-refractivity contribution in [2.75, 3.05) is 5.32 Å². The number of Topliss-reactive ketones (excluding diaryl/α,β-unsaturated/α-hetero) is 1. The van der Waals surface area contributed by atoms with Gasteiger partial charge in [-0.05, 0) is 18.6 Å². The minimum Gasteiger partial charge on any atom is -0.511 e. The second kappa shape index (κ2) is 4.82. The van der Waals surface area contributed by atoms with Crippen molar-refractivity contribution in [3.8, 4) is 0 Å². The number of aliphatic hydroxyl groups is 1. The van der Waals surface area contributed by atoms with E-state index in [4.69, 9.17) is 0 Å². The molecule has 0 saturated carbocycles. The van der Waals surface area contributed by atoms with Gasteiger partial charge in [-0.25, -0.2) is 0 Å². The third-order valence-electron chi connectivity index (χ3n) is 2.64. The van der Waals surface area contributed by atoms with Gasteiger partial charge in [0.1, 0.15) is 11.3 Å². The zero-order chi connectivity index (χ0) is 12.3. The van der Waals surface area contributed by atoms with E-state index in [9.17, 15) is 14.7 Å². The van der Waals surface area contributed by atoms with Crippen LogP contribution in [0.4, 0.5) is 5.69 Å². The molecular formula is C13H13NO3. The first-order valence-electron chi connectivity index (χ1n) is 5.50. The van der Waals surface area contributed by atoms with E-state index in [2.05, 4.69) is 5.32 Å². The molecule has 0 fully saturated rings. The molecule has 1 aromatic rings. The predicted molar refractivity (Wildman–Crippen MR) is 63.6 cm³/mol. The second-order valence-corrected chi connectivity index (χ2v) is 3.92. The van der Waals surface area contributed by atoms with Gasteiger partial charge in [-0.1, -0.05) is 18.2 Å². The zero-order valence-corrected chi connectivity index (χ0v) is 9.27. The molecule has 0 atom stereocenters. The monoisotopic (exact) mass is 231 g/mol. The predicted octanol–water partition coefficient (Wildman–Crippen LogP) is 2.19. The van der Waals surface area contributed by atoms with Crippen LogP contribution in [-0.2, 0) is 9.59 Å². The molecule has 1 aromatic carbocycles. The first kappa shape index (κ1) is 11.4. The lowest BCUT2D eigenvalue weighted by Gasteiger charge is -2.14. The number of carbonyl (C=O) groups excluding carboxylic acids is 2. The van der Waals surface area contributed by atoms with Crippen molar-refractivity contribution in [3.05, 3.63) is 41.7 Å². The average Bonchev–Trinajstić information content (AvgIpc) is 2.30. The van der Waals surface area contributed by atoms with Crippen LogP contribution in [0.25, 0.3) is 0 Å². The van der Waals surface area contributed by atoms with E-state index < -0.39 is 5.91 Å². The van der Waals surface area contributed by atoms with Gasteiger partial charge in [0.2, 0.25) is 0 Å². The molecule has 0 spiro atoms. The highest BCUT2D eigenvalue weighted by atomic mass is 16.3. The van der Waals surface area contributed by atoms with Crippen LogP contribution >= 0.6 is 0 Å². The number of para-hydroxylation sites is 1. The van der Waals surface area contributed by atoms with Crippen LogP contribution in [0.3, 0.4) is 0 Å². The summed E-state index contributed by atoms with van der Waals surface area (Å²) in [5.74, 6) is -0.921. The summed E-state index contributed by atoms with van der Waals surface area (Å²) in [6, 6.07) is 8.85. The summed E-state index contributed by atoms with van der Waals surface area (Å²) in [5, 5.41) is 12.2. The van der Waals surface area contributed by atoms with E-state index in [-0.39, 0.29) is 17.1 Å². The largest absolute Gasteiger partial charge is 0.511 e. The maximum Gasteiger partial charge on any atom is 0.262 e. The lowest BCUT2D eigenvalue weighted by Crippen LogP contribution is -2.24. The highest BCUT2D eigenvalue weighted by Gasteiger charge is 2.26. The SMILES string of the molecule is O=C1CCCC(O)=C1C(=O)Nc1ccccc1. The summed E-state index contributed by atoms with van der Waals surface area (Å²) < 4.78 is 0. The number of amides is 1. The van der Waals surface area contributed by atoms with Crippen molar-refractivity contribution in [2.24, 2.45) is 0 Å². The van der Waals surface area contributed by atoms with Crippen molar-refractivity contribution < 1.29 is 14.7 Å². The van der Waals surface area contributed by atoms with Gasteiger partial charge in [-0.15, -0.1) is 0 Å². The number of benzene rings is 1. The highest BCUT2D eigenvalue weighted by Crippen LogP contribution is 2.21. The number of hydrogen-bond acceptors (Lipinski definition) is 3. The Balaban J connectivity index is 2.18. The number of anilines is 1. The molecule has 0 unspecified atom stereocenters. The van der Waals surface area contributed by atoms with Crippen molar-refractivity contribution in [2.45, 2.75) is 19.3 Å². The molecule has 88 valence electrons. The Morgan fingerprint density at radius 2 is 1.88 bits per heavy atom. The summed E-state index contributed by atoms with van der Waals surface area (Å²) in [4.78, 5) is 23.4. The quantitative estimate of drug-likeness (QED) is 0.767. The van der Waals surface area contributed by atoms with E-state index in [0.29, 0.717) is 24.9 Å². The third-order valence-corrected chi connectivity index (χ3v) is 2.64. The molecule has 0 aliphatic heterocycles. The Morgan fingerprint density at radius 1 is 1.18 bits per heavy atom. The summed E-state index contributed by atoms with van der Waals surface area (Å²) in [5.41, 5.74) is 0.510. The summed E-state index contributed by atoms with van der Waals surface area (Å²) in [6.45, 7) is 0. The van der Waals surface area contributed by atoms with E-state index in [1.54, 1.807) is 24.3 Å². The molecule has 1 amide bonds. The maximum atomic E-state index is 11.8. The normalized spacial score (nSPS) is 15.9. The zero-order valence-electron chi connectivity index (χ0n) is 9.27. The fourth-order valence-corrected chi connectivity index (χ4v) is 1.80. The summed E-state index contributed by atoms with van der Waals surface area (Å²) in [7, 11) is 0. The van der Waals surface area contributed by atoms with Crippen LogP contribution in [0, 0.1) is 0 Å². The smallest absolute Gasteiger partial charge is 0.262 e. The van der Waals surface area contributed by atoms with Crippen LogP contribution in [0.15, 0.2) is 41.7 Å². The average molecular weight is 231 g/mol. The molecule has 0 bridgehead atoms. The fraction of sp³-hybridized carbons (Fsp3) is 0.231. The Hall–Kier alpha value is -2.10. The third kappa shape index (κ3) is 2.53. The van der Waals surface area contributed by atoms with Gasteiger partial charge < -0.3 is 10.4 Å². The van der Waals surface area contributed by atoms with Gasteiger partial charge >= 0.3 is 0 Å². The van der Waals surface area contributed by atoms with Crippen LogP contribution in [-0.4, -0.2) is 16.8 Å². The van der Waals surface area contributed by atoms with Crippen molar-refractivity contribution in [1.29, 1.82) is 0 Å². The van der Waals surface area contributed by atoms with Gasteiger partial charge in [0, 0.05) is 18.5 Å². The Labute approximate surface area is 99.0 Å². The standard InChI is InChI=1S/C13H13NO3/c15-10-7-4-8-11(16)12(10)13(17)14-9-5-2-1-3-6-9/h1-3,5-6,15H,4,7-8H2,(H,14,17). The number of nitrogens with one attached hydrogen (secondary N) is 1. The van der Waals surface area contributed by atoms with E-state index in [0.717, 1.165) is 0 Å². The summed E-state index contributed by atoms with van der Waals surface area (Å²) >= 11 is 0. The lowest BCUT2D eigenvalue weighted by atomic mass is 9.95. The minimum atomic E-state index is -0.529. The van der Waals surface area contributed by atoms with Crippen LogP contribution in [0.2, 0.25) is 0 Å². The van der Waals surface area contributed by atoms with Gasteiger partial charge in [-0.2, -0.15) is 0 Å². The topological polar surface area (TPSA) is 66.4 Å². The van der Waals surface area contributed by atoms with Crippen molar-refractivity contribution >= 4 is 17.4 Å². The number of ketones is 1. The molecule has 1 aliphatic carbocycles. The molecule has 0 aromatic heterocycles. The molecule has 2 rings (SSSR count). The number of carbonyl (C=O) groups is 2. The van der Waals surface area contributed by atoms with Gasteiger partial charge in [-0.3, -0.25) is 9.59 Å². The summed E-state index contributed by atoms with van der Waals surface area (Å²) in [6.07, 6.45) is 1.32. The van der Waals surface area contributed by atoms with Gasteiger partial charge in [0.25, 0.3) is 5.91 Å². The lowest BCUT2D eigenvalue weighted by molar-refractivity contribution is -0.121. The Morgan fingerprint density at radius 3 is 2.53 bits per heavy atom. The molecule has 4 heteroatoms. The molecule has 2 N–H and O–H groups in total. The van der Waals surface area contributed by atoms with Crippen molar-refractivity contribution in [3.63, 3.8) is 0 Å². The molecule has 0 saturated heterocycles. The fourth-order valence-electron chi connectivity index (χ4n) is 1.80. The minimum absolute atomic E-state index is 0.0971. The second-order valence-electron chi connectivity index (χ2n) is 3.92. The Kier molecular flexibility index (Phi) is 3.23. The van der Waals surface area contributed by atoms with E-state index >= 15 is 0 Å². The van der Waals surface area contributed by atoms with Gasteiger partial charge in [0.05, 0.1) is 0 Å². The molecule has 1 aliphatic rings. The molecular weight excluding hydrogens is 218 g/mol. The maximum absolute atomic E-state index is 11.8. The molecule has 0 radical (unpaired) electrons. The molecule has 0 heterocycles. The number of hydrogen-bond donors (Lipinski definition) is 2. The number of aliphatic hydroxyl groups excluding tert-OH is 1. The molecule has 4 nitrogen and oxygen atoms in total. The first-order valence-corrected chi connectivity index (χ1v) is 5.50. The van der Waals surface area contributed by atoms with Crippen LogP contribution in [0.5, 0.6) is 0 Å². The van der Waals surface area contributed by atoms with E-state index in [1.165, 1.54) is 0 Å². The number of allylic oxidation sites excluding steroid dienone is 1. The van der Waals surface area contributed by atoms with Crippen LogP contribution < -0.4 is 5.32 Å². The van der Waals surface area contributed by atoms with Gasteiger partial charge in [0.15, 0.2) is 5.78 Å². The van der Waals surface area contributed by atoms with Crippen LogP contribution in [0.1, 0.15) is 19.3 Å². The van der Waals surface area contributed by atoms with E-state index in [1.807, 2.05) is 6.07 Å². The Bertz CT molecular complexity index is 477. The highest BCUT2D eigenvalue weighted by molar-refractivity contribution is 6.24.